The van der Waals surface area contributed by atoms with Crippen LogP contribution in [0.25, 0.3) is 16.9 Å². The molecule has 0 saturated heterocycles. The van der Waals surface area contributed by atoms with E-state index in [9.17, 15) is 0 Å². The maximum Gasteiger partial charge on any atom is 0.271 e. The Bertz CT molecular complexity index is 1100. The number of fused-ring (bicyclic) bond motifs is 1. The second-order valence-corrected chi connectivity index (χ2v) is 7.21. The lowest BCUT2D eigenvalue weighted by atomic mass is 10.2. The van der Waals surface area contributed by atoms with Crippen LogP contribution in [0.2, 0.25) is 5.15 Å². The first-order valence-corrected chi connectivity index (χ1v) is 9.30. The van der Waals surface area contributed by atoms with Crippen molar-refractivity contribution in [3.05, 3.63) is 58.5 Å². The van der Waals surface area contributed by atoms with E-state index < -0.39 is 0 Å². The number of hydrogen-bond acceptors (Lipinski definition) is 6. The largest absolute Gasteiger partial charge is 0.334 e. The van der Waals surface area contributed by atoms with Gasteiger partial charge in [0, 0.05) is 22.4 Å². The third-order valence-electron chi connectivity index (χ3n) is 3.95. The first-order chi connectivity index (χ1) is 12.5. The zero-order valence-electron chi connectivity index (χ0n) is 14.2. The fourth-order valence-corrected chi connectivity index (χ4v) is 3.84. The molecule has 4 aromatic rings. The summed E-state index contributed by atoms with van der Waals surface area (Å²) in [5, 5.41) is 14.8. The zero-order chi connectivity index (χ0) is 18.3. The van der Waals surface area contributed by atoms with Crippen molar-refractivity contribution in [1.29, 1.82) is 0 Å². The Kier molecular flexibility index (Phi) is 4.29. The number of aromatic nitrogens is 6. The molecular formula is C17H16ClN7S. The number of nitrogens with two attached hydrogens (primary N) is 1. The lowest BCUT2D eigenvalue weighted by molar-refractivity contribution is 0.727. The van der Waals surface area contributed by atoms with E-state index in [1.807, 2.05) is 50.2 Å². The number of benzene rings is 1. The molecule has 0 amide bonds. The van der Waals surface area contributed by atoms with E-state index in [-0.39, 0.29) is 0 Å². The van der Waals surface area contributed by atoms with Gasteiger partial charge in [-0.25, -0.2) is 14.3 Å². The Labute approximate surface area is 159 Å². The highest BCUT2D eigenvalue weighted by Crippen LogP contribution is 2.27. The van der Waals surface area contributed by atoms with Gasteiger partial charge in [0.25, 0.3) is 5.95 Å². The number of nitrogen functional groups attached to an aromatic ring is 1. The number of rotatable bonds is 4. The second kappa shape index (κ2) is 6.62. The van der Waals surface area contributed by atoms with E-state index in [1.165, 1.54) is 16.4 Å². The molecule has 0 aliphatic rings. The van der Waals surface area contributed by atoms with Crippen molar-refractivity contribution in [2.24, 2.45) is 0 Å². The number of pyridine rings is 1. The van der Waals surface area contributed by atoms with Crippen LogP contribution in [0.15, 0.2) is 41.6 Å². The second-order valence-electron chi connectivity index (χ2n) is 5.91. The summed E-state index contributed by atoms with van der Waals surface area (Å²) in [4.78, 5) is 4.44. The van der Waals surface area contributed by atoms with Gasteiger partial charge in [-0.2, -0.15) is 5.10 Å². The SMILES string of the molecule is Cc1cc(C)n(-c2nnc(SCc3cc4ccccc4nc3Cl)n2N)n1. The van der Waals surface area contributed by atoms with Gasteiger partial charge in [-0.15, -0.1) is 10.2 Å². The Morgan fingerprint density at radius 2 is 1.96 bits per heavy atom. The van der Waals surface area contributed by atoms with Crippen LogP contribution in [0.5, 0.6) is 0 Å². The summed E-state index contributed by atoms with van der Waals surface area (Å²) in [6, 6.07) is 11.9. The van der Waals surface area contributed by atoms with Crippen molar-refractivity contribution in [3.63, 3.8) is 0 Å². The van der Waals surface area contributed by atoms with Crippen molar-refractivity contribution in [3.8, 4) is 5.95 Å². The van der Waals surface area contributed by atoms with Crippen molar-refractivity contribution >= 4 is 34.3 Å². The molecule has 26 heavy (non-hydrogen) atoms. The third-order valence-corrected chi connectivity index (χ3v) is 5.27. The topological polar surface area (TPSA) is 87.4 Å². The van der Waals surface area contributed by atoms with Crippen LogP contribution in [0.4, 0.5) is 0 Å². The maximum absolute atomic E-state index is 6.32. The van der Waals surface area contributed by atoms with E-state index in [1.54, 1.807) is 4.68 Å². The molecule has 2 N–H and O–H groups in total. The van der Waals surface area contributed by atoms with Crippen LogP contribution in [0, 0.1) is 13.8 Å². The number of para-hydroxylation sites is 1. The Hall–Kier alpha value is -2.58. The maximum atomic E-state index is 6.32. The van der Waals surface area contributed by atoms with Gasteiger partial charge in [0.15, 0.2) is 0 Å². The van der Waals surface area contributed by atoms with Crippen molar-refractivity contribution in [1.82, 2.24) is 29.6 Å². The molecule has 0 aliphatic heterocycles. The van der Waals surface area contributed by atoms with E-state index in [0.717, 1.165) is 27.9 Å². The molecule has 3 heterocycles. The molecule has 0 aliphatic carbocycles. The number of aryl methyl sites for hydroxylation is 2. The highest BCUT2D eigenvalue weighted by atomic mass is 35.5. The lowest BCUT2D eigenvalue weighted by Crippen LogP contribution is -2.17. The molecule has 0 bridgehead atoms. The van der Waals surface area contributed by atoms with E-state index in [0.29, 0.717) is 22.0 Å². The average molecular weight is 386 g/mol. The summed E-state index contributed by atoms with van der Waals surface area (Å²) in [5.74, 6) is 7.23. The average Bonchev–Trinajstić information content (AvgIpc) is 3.14. The van der Waals surface area contributed by atoms with E-state index in [4.69, 9.17) is 17.4 Å². The standard InChI is InChI=1S/C17H16ClN7S/c1-10-7-11(2)25(23-10)16-21-22-17(24(16)19)26-9-13-8-12-5-3-4-6-14(12)20-15(13)18/h3-8H,9,19H2,1-2H3. The lowest BCUT2D eigenvalue weighted by Gasteiger charge is -2.07. The molecular weight excluding hydrogens is 370 g/mol. The molecule has 9 heteroatoms. The van der Waals surface area contributed by atoms with Crippen LogP contribution in [-0.2, 0) is 5.75 Å². The van der Waals surface area contributed by atoms with E-state index in [2.05, 4.69) is 20.3 Å². The fourth-order valence-electron chi connectivity index (χ4n) is 2.72. The minimum Gasteiger partial charge on any atom is -0.334 e. The van der Waals surface area contributed by atoms with Crippen LogP contribution < -0.4 is 5.84 Å². The van der Waals surface area contributed by atoms with Crippen LogP contribution in [-0.4, -0.2) is 29.6 Å². The first-order valence-electron chi connectivity index (χ1n) is 7.94. The van der Waals surface area contributed by atoms with Crippen molar-refractivity contribution < 1.29 is 0 Å². The predicted octanol–water partition coefficient (Wildman–Crippen LogP) is 3.29. The molecule has 7 nitrogen and oxygen atoms in total. The number of nitrogens with zero attached hydrogens (tertiary/aromatic N) is 6. The fraction of sp³-hybridized carbons (Fsp3) is 0.176. The van der Waals surface area contributed by atoms with Crippen LogP contribution in [0.1, 0.15) is 17.0 Å². The van der Waals surface area contributed by atoms with Crippen LogP contribution >= 0.6 is 23.4 Å². The summed E-state index contributed by atoms with van der Waals surface area (Å²) in [5.41, 5.74) is 3.64. The minimum absolute atomic E-state index is 0.473. The van der Waals surface area contributed by atoms with Crippen molar-refractivity contribution in [2.45, 2.75) is 24.8 Å². The molecule has 0 fully saturated rings. The molecule has 0 spiro atoms. The number of hydrogen-bond donors (Lipinski definition) is 1. The van der Waals surface area contributed by atoms with Crippen LogP contribution in [0.3, 0.4) is 0 Å². The van der Waals surface area contributed by atoms with E-state index >= 15 is 0 Å². The van der Waals surface area contributed by atoms with Gasteiger partial charge in [0.05, 0.1) is 11.2 Å². The summed E-state index contributed by atoms with van der Waals surface area (Å²) >= 11 is 7.77. The highest BCUT2D eigenvalue weighted by molar-refractivity contribution is 7.98. The minimum atomic E-state index is 0.473. The molecule has 4 rings (SSSR count). The van der Waals surface area contributed by atoms with Gasteiger partial charge in [-0.3, -0.25) is 0 Å². The Morgan fingerprint density at radius 1 is 1.15 bits per heavy atom. The number of halogens is 1. The summed E-state index contributed by atoms with van der Waals surface area (Å²) in [6.45, 7) is 3.87. The molecule has 0 unspecified atom stereocenters. The number of thioether (sulfide) groups is 1. The zero-order valence-corrected chi connectivity index (χ0v) is 15.8. The molecule has 0 radical (unpaired) electrons. The van der Waals surface area contributed by atoms with Gasteiger partial charge in [0.1, 0.15) is 5.15 Å². The molecule has 3 aromatic heterocycles. The highest BCUT2D eigenvalue weighted by Gasteiger charge is 2.16. The predicted molar refractivity (Wildman–Crippen MR) is 103 cm³/mol. The van der Waals surface area contributed by atoms with Gasteiger partial charge in [-0.05, 0) is 32.0 Å². The monoisotopic (exact) mass is 385 g/mol. The molecule has 1 aromatic carbocycles. The molecule has 0 saturated carbocycles. The Morgan fingerprint density at radius 3 is 2.73 bits per heavy atom. The summed E-state index contributed by atoms with van der Waals surface area (Å²) in [6.07, 6.45) is 0. The van der Waals surface area contributed by atoms with Gasteiger partial charge >= 0.3 is 0 Å². The molecule has 0 atom stereocenters. The van der Waals surface area contributed by atoms with Gasteiger partial charge in [-0.1, -0.05) is 41.6 Å². The normalized spacial score (nSPS) is 11.3. The third kappa shape index (κ3) is 3.02. The Balaban J connectivity index is 1.59. The molecule has 132 valence electrons. The quantitative estimate of drug-likeness (QED) is 0.329. The summed E-state index contributed by atoms with van der Waals surface area (Å²) in [7, 11) is 0. The first kappa shape index (κ1) is 16.9. The van der Waals surface area contributed by atoms with Gasteiger partial charge in [0.2, 0.25) is 5.16 Å². The summed E-state index contributed by atoms with van der Waals surface area (Å²) < 4.78 is 3.11. The smallest absolute Gasteiger partial charge is 0.271 e. The van der Waals surface area contributed by atoms with Crippen molar-refractivity contribution in [2.75, 3.05) is 5.84 Å². The van der Waals surface area contributed by atoms with Gasteiger partial charge < -0.3 is 5.84 Å².